The maximum Gasteiger partial charge on any atom is 0.269 e. The molecule has 0 fully saturated rings. The van der Waals surface area contributed by atoms with E-state index in [1.54, 1.807) is 41.3 Å². The van der Waals surface area contributed by atoms with Crippen LogP contribution in [0.1, 0.15) is 29.8 Å². The zero-order chi connectivity index (χ0) is 25.8. The average molecular weight is 507 g/mol. The van der Waals surface area contributed by atoms with Crippen LogP contribution in [0.25, 0.3) is 16.6 Å². The number of amides is 1. The number of rotatable bonds is 8. The molecule has 0 saturated carbocycles. The first-order valence-corrected chi connectivity index (χ1v) is 12.3. The maximum atomic E-state index is 14.0. The normalized spacial score (nSPS) is 11.0. The molecule has 0 saturated heterocycles. The zero-order valence-corrected chi connectivity index (χ0v) is 20.5. The van der Waals surface area contributed by atoms with Gasteiger partial charge in [0.25, 0.3) is 17.2 Å². The summed E-state index contributed by atoms with van der Waals surface area (Å²) in [5, 5.41) is 11.7. The van der Waals surface area contributed by atoms with Crippen LogP contribution < -0.4 is 5.56 Å². The van der Waals surface area contributed by atoms with Crippen molar-refractivity contribution in [2.24, 2.45) is 0 Å². The Morgan fingerprint density at radius 1 is 1.08 bits per heavy atom. The number of carbonyl (C=O) groups excluding carboxylic acids is 1. The highest BCUT2D eigenvalue weighted by Crippen LogP contribution is 2.27. The highest BCUT2D eigenvalue weighted by atomic mass is 32.2. The van der Waals surface area contributed by atoms with Crippen LogP contribution in [-0.4, -0.2) is 38.4 Å². The van der Waals surface area contributed by atoms with Crippen LogP contribution in [0.15, 0.2) is 76.7 Å². The van der Waals surface area contributed by atoms with Crippen LogP contribution in [0.3, 0.4) is 0 Å². The molecule has 3 aromatic carbocycles. The van der Waals surface area contributed by atoms with Gasteiger partial charge in [-0.15, -0.1) is 0 Å². The molecule has 184 valence electrons. The molecular formula is C26H23FN4O4S. The molecule has 0 unspecified atom stereocenters. The second-order valence-corrected chi connectivity index (χ2v) is 8.88. The lowest BCUT2D eigenvalue weighted by molar-refractivity contribution is -0.384. The monoisotopic (exact) mass is 506 g/mol. The molecule has 0 bridgehead atoms. The number of nitrogens with zero attached hydrogens (tertiary/aromatic N) is 4. The molecular weight excluding hydrogens is 483 g/mol. The largest absolute Gasteiger partial charge is 0.339 e. The van der Waals surface area contributed by atoms with E-state index < -0.39 is 16.3 Å². The Labute approximate surface area is 210 Å². The van der Waals surface area contributed by atoms with Crippen molar-refractivity contribution < 1.29 is 14.1 Å². The lowest BCUT2D eigenvalue weighted by Crippen LogP contribution is -2.30. The van der Waals surface area contributed by atoms with Gasteiger partial charge in [0, 0.05) is 36.5 Å². The van der Waals surface area contributed by atoms with E-state index in [2.05, 4.69) is 4.98 Å². The van der Waals surface area contributed by atoms with E-state index in [0.717, 1.165) is 0 Å². The molecule has 0 atom stereocenters. The number of thioether (sulfide) groups is 1. The van der Waals surface area contributed by atoms with E-state index in [9.17, 15) is 24.1 Å². The second kappa shape index (κ2) is 10.7. The number of aromatic nitrogens is 2. The first kappa shape index (κ1) is 25.1. The summed E-state index contributed by atoms with van der Waals surface area (Å²) in [6, 6.07) is 16.6. The molecule has 4 rings (SSSR count). The van der Waals surface area contributed by atoms with Gasteiger partial charge < -0.3 is 4.90 Å². The van der Waals surface area contributed by atoms with E-state index >= 15 is 0 Å². The summed E-state index contributed by atoms with van der Waals surface area (Å²) in [6.07, 6.45) is 0. The number of non-ortho nitro benzene ring substituents is 1. The number of hydrogen-bond donors (Lipinski definition) is 0. The van der Waals surface area contributed by atoms with E-state index in [1.807, 2.05) is 13.8 Å². The Bertz CT molecular complexity index is 1520. The third kappa shape index (κ3) is 5.13. The van der Waals surface area contributed by atoms with Crippen molar-refractivity contribution in [3.63, 3.8) is 0 Å². The number of nitro groups is 1. The third-order valence-corrected chi connectivity index (χ3v) is 6.70. The van der Waals surface area contributed by atoms with Crippen molar-refractivity contribution in [1.29, 1.82) is 0 Å². The lowest BCUT2D eigenvalue weighted by atomic mass is 10.1. The fourth-order valence-corrected chi connectivity index (χ4v) is 4.79. The molecule has 8 nitrogen and oxygen atoms in total. The first-order valence-electron chi connectivity index (χ1n) is 11.3. The van der Waals surface area contributed by atoms with Gasteiger partial charge in [0.05, 0.1) is 21.5 Å². The lowest BCUT2D eigenvalue weighted by Gasteiger charge is -2.19. The van der Waals surface area contributed by atoms with Crippen LogP contribution in [0.5, 0.6) is 0 Å². The molecule has 4 aromatic rings. The molecule has 0 aliphatic heterocycles. The Hall–Kier alpha value is -4.05. The van der Waals surface area contributed by atoms with Crippen molar-refractivity contribution in [1.82, 2.24) is 14.5 Å². The van der Waals surface area contributed by atoms with E-state index in [0.29, 0.717) is 35.4 Å². The molecule has 36 heavy (non-hydrogen) atoms. The Morgan fingerprint density at radius 2 is 1.83 bits per heavy atom. The molecule has 1 heterocycles. The van der Waals surface area contributed by atoms with Crippen LogP contribution >= 0.6 is 11.8 Å². The third-order valence-electron chi connectivity index (χ3n) is 5.69. The molecule has 0 N–H and O–H groups in total. The fraction of sp³-hybridized carbons (Fsp3) is 0.192. The fourth-order valence-electron chi connectivity index (χ4n) is 3.84. The van der Waals surface area contributed by atoms with Gasteiger partial charge in [0.15, 0.2) is 5.16 Å². The SMILES string of the molecule is CCN(CC)C(=O)c1ccc2c(=O)n(-c3cccc(F)c3)c(SCc3cccc([N+](=O)[O-])c3)nc2c1. The Balaban J connectivity index is 1.83. The average Bonchev–Trinajstić information content (AvgIpc) is 2.88. The van der Waals surface area contributed by atoms with Gasteiger partial charge in [-0.2, -0.15) is 0 Å². The quantitative estimate of drug-likeness (QED) is 0.141. The molecule has 0 spiro atoms. The van der Waals surface area contributed by atoms with Gasteiger partial charge in [0.2, 0.25) is 0 Å². The minimum absolute atomic E-state index is 0.0401. The van der Waals surface area contributed by atoms with Crippen molar-refractivity contribution in [3.05, 3.63) is 104 Å². The van der Waals surface area contributed by atoms with Gasteiger partial charge >= 0.3 is 0 Å². The molecule has 0 radical (unpaired) electrons. The number of hydrogen-bond acceptors (Lipinski definition) is 6. The second-order valence-electron chi connectivity index (χ2n) is 7.94. The van der Waals surface area contributed by atoms with Crippen LogP contribution in [0.4, 0.5) is 10.1 Å². The van der Waals surface area contributed by atoms with E-state index in [1.165, 1.54) is 46.7 Å². The summed E-state index contributed by atoms with van der Waals surface area (Å²) in [4.78, 5) is 43.4. The van der Waals surface area contributed by atoms with E-state index in [4.69, 9.17) is 0 Å². The van der Waals surface area contributed by atoms with Crippen molar-refractivity contribution >= 4 is 34.3 Å². The van der Waals surface area contributed by atoms with Crippen LogP contribution in [0, 0.1) is 15.9 Å². The van der Waals surface area contributed by atoms with Crippen LogP contribution in [-0.2, 0) is 5.75 Å². The van der Waals surface area contributed by atoms with Gasteiger partial charge in [-0.1, -0.05) is 30.0 Å². The smallest absolute Gasteiger partial charge is 0.269 e. The number of benzene rings is 3. The standard InChI is InChI=1S/C26H23FN4O4S/c1-3-29(4-2)24(32)18-11-12-22-23(14-18)28-26(30(25(22)33)20-9-6-8-19(27)15-20)36-16-17-7-5-10-21(13-17)31(34)35/h5-15H,3-4,16H2,1-2H3. The molecule has 1 aromatic heterocycles. The highest BCUT2D eigenvalue weighted by molar-refractivity contribution is 7.98. The summed E-state index contributed by atoms with van der Waals surface area (Å²) < 4.78 is 15.4. The predicted octanol–water partition coefficient (Wildman–Crippen LogP) is 5.21. The summed E-state index contributed by atoms with van der Waals surface area (Å²) in [7, 11) is 0. The van der Waals surface area contributed by atoms with Crippen molar-refractivity contribution in [2.45, 2.75) is 24.8 Å². The summed E-state index contributed by atoms with van der Waals surface area (Å²) >= 11 is 1.19. The van der Waals surface area contributed by atoms with Crippen molar-refractivity contribution in [2.75, 3.05) is 13.1 Å². The van der Waals surface area contributed by atoms with Gasteiger partial charge in [-0.25, -0.2) is 9.37 Å². The highest BCUT2D eigenvalue weighted by Gasteiger charge is 2.18. The summed E-state index contributed by atoms with van der Waals surface area (Å²) in [6.45, 7) is 4.88. The first-order chi connectivity index (χ1) is 17.3. The predicted molar refractivity (Wildman–Crippen MR) is 137 cm³/mol. The van der Waals surface area contributed by atoms with Crippen molar-refractivity contribution in [3.8, 4) is 5.69 Å². The Kier molecular flexibility index (Phi) is 7.44. The summed E-state index contributed by atoms with van der Waals surface area (Å²) in [5.41, 5.74) is 1.28. The molecule has 10 heteroatoms. The van der Waals surface area contributed by atoms with Gasteiger partial charge in [-0.05, 0) is 55.8 Å². The van der Waals surface area contributed by atoms with E-state index in [-0.39, 0.29) is 27.9 Å². The molecule has 0 aliphatic rings. The zero-order valence-electron chi connectivity index (χ0n) is 19.7. The topological polar surface area (TPSA) is 98.3 Å². The van der Waals surface area contributed by atoms with Gasteiger partial charge in [0.1, 0.15) is 5.82 Å². The van der Waals surface area contributed by atoms with Crippen LogP contribution in [0.2, 0.25) is 0 Å². The number of fused-ring (bicyclic) bond motifs is 1. The maximum absolute atomic E-state index is 14.0. The number of halogens is 1. The van der Waals surface area contributed by atoms with Gasteiger partial charge in [-0.3, -0.25) is 24.3 Å². The summed E-state index contributed by atoms with van der Waals surface area (Å²) in [5.74, 6) is -0.384. The molecule has 0 aliphatic carbocycles. The Morgan fingerprint density at radius 3 is 2.53 bits per heavy atom. The number of nitro benzene ring substituents is 1. The minimum atomic E-state index is -0.505. The number of carbonyl (C=O) groups is 1. The minimum Gasteiger partial charge on any atom is -0.339 e. The molecule has 1 amide bonds.